The number of hydrogen-bond acceptors (Lipinski definition) is 6. The smallest absolute Gasteiger partial charge is 0.270 e. The Morgan fingerprint density at radius 3 is 2.75 bits per heavy atom. The van der Waals surface area contributed by atoms with Crippen LogP contribution in [0.3, 0.4) is 0 Å². The van der Waals surface area contributed by atoms with Gasteiger partial charge in [0.15, 0.2) is 0 Å². The van der Waals surface area contributed by atoms with Crippen LogP contribution in [0.25, 0.3) is 5.69 Å². The van der Waals surface area contributed by atoms with Gasteiger partial charge in [0.05, 0.1) is 10.6 Å². The number of hydrogen-bond donors (Lipinski definition) is 1. The van der Waals surface area contributed by atoms with E-state index in [1.165, 1.54) is 35.3 Å². The topological polar surface area (TPSA) is 116 Å². The number of anilines is 1. The zero-order valence-electron chi connectivity index (χ0n) is 12.6. The third kappa shape index (κ3) is 3.09. The van der Waals surface area contributed by atoms with Gasteiger partial charge in [-0.25, -0.2) is 4.68 Å². The van der Waals surface area contributed by atoms with Gasteiger partial charge < -0.3 is 5.32 Å². The van der Waals surface area contributed by atoms with E-state index >= 15 is 0 Å². The van der Waals surface area contributed by atoms with E-state index in [-0.39, 0.29) is 11.3 Å². The number of aryl methyl sites for hydroxylation is 1. The number of nitrogens with zero attached hydrogens (tertiary/aromatic N) is 5. The Labute approximate surface area is 136 Å². The van der Waals surface area contributed by atoms with Crippen molar-refractivity contribution in [1.82, 2.24) is 20.2 Å². The molecule has 3 rings (SSSR count). The van der Waals surface area contributed by atoms with E-state index < -0.39 is 10.8 Å². The quantitative estimate of drug-likeness (QED) is 0.580. The summed E-state index contributed by atoms with van der Waals surface area (Å²) < 4.78 is 1.52. The second kappa shape index (κ2) is 6.24. The number of tetrazole rings is 1. The number of amides is 1. The normalized spacial score (nSPS) is 10.4. The largest absolute Gasteiger partial charge is 0.322 e. The second-order valence-corrected chi connectivity index (χ2v) is 5.02. The molecular weight excluding hydrogens is 312 g/mol. The average molecular weight is 324 g/mol. The van der Waals surface area contributed by atoms with Crippen molar-refractivity contribution in [2.45, 2.75) is 6.92 Å². The minimum Gasteiger partial charge on any atom is -0.322 e. The van der Waals surface area contributed by atoms with Gasteiger partial charge in [-0.2, -0.15) is 0 Å². The summed E-state index contributed by atoms with van der Waals surface area (Å²) in [4.78, 5) is 22.5. The number of nitrogens with one attached hydrogen (secondary N) is 1. The first-order valence-electron chi connectivity index (χ1n) is 6.94. The van der Waals surface area contributed by atoms with E-state index in [0.29, 0.717) is 5.69 Å². The van der Waals surface area contributed by atoms with Gasteiger partial charge in [0, 0.05) is 23.4 Å². The Morgan fingerprint density at radius 1 is 1.25 bits per heavy atom. The fraction of sp³-hybridized carbons (Fsp3) is 0.0667. The SMILES string of the molecule is Cc1cc(NC(=O)c2cccc([N+](=O)[O-])c2)ccc1-n1cnnn1. The molecule has 1 amide bonds. The van der Waals surface area contributed by atoms with Gasteiger partial charge >= 0.3 is 0 Å². The molecule has 3 aromatic rings. The fourth-order valence-corrected chi connectivity index (χ4v) is 2.23. The van der Waals surface area contributed by atoms with Gasteiger partial charge in [0.2, 0.25) is 0 Å². The lowest BCUT2D eigenvalue weighted by molar-refractivity contribution is -0.384. The van der Waals surface area contributed by atoms with Crippen molar-refractivity contribution < 1.29 is 9.72 Å². The standard InChI is InChI=1S/C15H12N6O3/c1-10-7-12(5-6-14(10)20-9-16-18-19-20)17-15(22)11-3-2-4-13(8-11)21(23)24/h2-9H,1H3,(H,17,22). The Hall–Kier alpha value is -3.62. The Morgan fingerprint density at radius 2 is 2.08 bits per heavy atom. The molecule has 0 fully saturated rings. The van der Waals surface area contributed by atoms with Gasteiger partial charge in [-0.1, -0.05) is 6.07 Å². The molecule has 2 aromatic carbocycles. The van der Waals surface area contributed by atoms with Crippen molar-refractivity contribution in [2.75, 3.05) is 5.32 Å². The number of nitro benzene ring substituents is 1. The Kier molecular flexibility index (Phi) is 3.98. The van der Waals surface area contributed by atoms with E-state index in [1.807, 2.05) is 6.92 Å². The van der Waals surface area contributed by atoms with Crippen LogP contribution in [0.1, 0.15) is 15.9 Å². The highest BCUT2D eigenvalue weighted by Crippen LogP contribution is 2.19. The van der Waals surface area contributed by atoms with Crippen molar-refractivity contribution in [1.29, 1.82) is 0 Å². The van der Waals surface area contributed by atoms with E-state index in [0.717, 1.165) is 11.3 Å². The van der Waals surface area contributed by atoms with E-state index in [1.54, 1.807) is 18.2 Å². The van der Waals surface area contributed by atoms with Crippen LogP contribution in [0.15, 0.2) is 48.8 Å². The summed E-state index contributed by atoms with van der Waals surface area (Å²) in [6.45, 7) is 1.86. The second-order valence-electron chi connectivity index (χ2n) is 5.02. The minimum atomic E-state index is -0.540. The number of carbonyl (C=O) groups excluding carboxylic acids is 1. The van der Waals surface area contributed by atoms with Crippen molar-refractivity contribution in [2.24, 2.45) is 0 Å². The molecule has 0 saturated heterocycles. The lowest BCUT2D eigenvalue weighted by atomic mass is 10.1. The zero-order chi connectivity index (χ0) is 17.1. The number of non-ortho nitro benzene ring substituents is 1. The molecule has 9 heteroatoms. The van der Waals surface area contributed by atoms with E-state index in [9.17, 15) is 14.9 Å². The lowest BCUT2D eigenvalue weighted by Crippen LogP contribution is -2.12. The molecule has 1 N–H and O–H groups in total. The third-order valence-electron chi connectivity index (χ3n) is 3.37. The first-order valence-corrected chi connectivity index (χ1v) is 6.94. The molecule has 9 nitrogen and oxygen atoms in total. The number of rotatable bonds is 4. The fourth-order valence-electron chi connectivity index (χ4n) is 2.23. The van der Waals surface area contributed by atoms with Crippen molar-refractivity contribution >= 4 is 17.3 Å². The summed E-state index contributed by atoms with van der Waals surface area (Å²) in [5, 5.41) is 24.5. The summed E-state index contributed by atoms with van der Waals surface area (Å²) in [6.07, 6.45) is 1.48. The number of aromatic nitrogens is 4. The molecule has 24 heavy (non-hydrogen) atoms. The van der Waals surface area contributed by atoms with Crippen LogP contribution in [0.4, 0.5) is 11.4 Å². The number of nitro groups is 1. The number of carbonyl (C=O) groups is 1. The molecule has 0 saturated carbocycles. The van der Waals surface area contributed by atoms with Gasteiger partial charge in [-0.3, -0.25) is 14.9 Å². The molecular formula is C15H12N6O3. The highest BCUT2D eigenvalue weighted by Gasteiger charge is 2.12. The summed E-state index contributed by atoms with van der Waals surface area (Å²) >= 11 is 0. The molecule has 120 valence electrons. The molecule has 0 aliphatic heterocycles. The Bertz CT molecular complexity index is 907. The van der Waals surface area contributed by atoms with Gasteiger partial charge in [-0.15, -0.1) is 5.10 Å². The van der Waals surface area contributed by atoms with Crippen LogP contribution >= 0.6 is 0 Å². The predicted molar refractivity (Wildman–Crippen MR) is 84.9 cm³/mol. The summed E-state index contributed by atoms with van der Waals surface area (Å²) in [5.41, 5.74) is 2.30. The highest BCUT2D eigenvalue weighted by molar-refractivity contribution is 6.04. The van der Waals surface area contributed by atoms with Crippen LogP contribution < -0.4 is 5.32 Å². The maximum atomic E-state index is 12.2. The minimum absolute atomic E-state index is 0.132. The average Bonchev–Trinajstić information content (AvgIpc) is 3.09. The molecule has 0 aliphatic carbocycles. The maximum absolute atomic E-state index is 12.2. The van der Waals surface area contributed by atoms with E-state index in [4.69, 9.17) is 0 Å². The van der Waals surface area contributed by atoms with Crippen LogP contribution in [0.5, 0.6) is 0 Å². The monoisotopic (exact) mass is 324 g/mol. The van der Waals surface area contributed by atoms with Crippen molar-refractivity contribution in [3.05, 3.63) is 70.0 Å². The molecule has 0 radical (unpaired) electrons. The molecule has 1 heterocycles. The van der Waals surface area contributed by atoms with Gasteiger partial charge in [0.1, 0.15) is 6.33 Å². The summed E-state index contributed by atoms with van der Waals surface area (Å²) in [7, 11) is 0. The third-order valence-corrected chi connectivity index (χ3v) is 3.37. The van der Waals surface area contributed by atoms with Crippen LogP contribution in [0, 0.1) is 17.0 Å². The molecule has 0 atom stereocenters. The molecule has 1 aromatic heterocycles. The van der Waals surface area contributed by atoms with Crippen LogP contribution in [-0.4, -0.2) is 31.0 Å². The summed E-state index contributed by atoms with van der Waals surface area (Å²) in [6, 6.07) is 10.8. The first-order chi connectivity index (χ1) is 11.5. The van der Waals surface area contributed by atoms with E-state index in [2.05, 4.69) is 20.8 Å². The summed E-state index contributed by atoms with van der Waals surface area (Å²) in [5.74, 6) is -0.423. The van der Waals surface area contributed by atoms with Gasteiger partial charge in [0.25, 0.3) is 11.6 Å². The molecule has 0 spiro atoms. The van der Waals surface area contributed by atoms with Gasteiger partial charge in [-0.05, 0) is 47.2 Å². The zero-order valence-corrected chi connectivity index (χ0v) is 12.6. The molecule has 0 aliphatic rings. The molecule has 0 unspecified atom stereocenters. The highest BCUT2D eigenvalue weighted by atomic mass is 16.6. The molecule has 0 bridgehead atoms. The lowest BCUT2D eigenvalue weighted by Gasteiger charge is -2.09. The maximum Gasteiger partial charge on any atom is 0.270 e. The first kappa shape index (κ1) is 15.3. The van der Waals surface area contributed by atoms with Crippen LogP contribution in [0.2, 0.25) is 0 Å². The Balaban J connectivity index is 1.81. The number of benzene rings is 2. The van der Waals surface area contributed by atoms with Crippen molar-refractivity contribution in [3.63, 3.8) is 0 Å². The van der Waals surface area contributed by atoms with Crippen molar-refractivity contribution in [3.8, 4) is 5.69 Å². The predicted octanol–water partition coefficient (Wildman–Crippen LogP) is 2.13. The van der Waals surface area contributed by atoms with Crippen LogP contribution in [-0.2, 0) is 0 Å².